The van der Waals surface area contributed by atoms with Crippen molar-refractivity contribution in [2.75, 3.05) is 25.1 Å². The number of anilines is 1. The number of aromatic carboxylic acids is 1. The molecule has 0 aromatic carbocycles. The number of carbonyl (C=O) groups is 1. The topological polar surface area (TPSA) is 89.3 Å². The summed E-state index contributed by atoms with van der Waals surface area (Å²) in [7, 11) is 0. The van der Waals surface area contributed by atoms with Crippen LogP contribution in [0.1, 0.15) is 50.9 Å². The molecule has 0 spiro atoms. The van der Waals surface area contributed by atoms with Crippen LogP contribution in [-0.4, -0.2) is 45.6 Å². The number of fused-ring (bicyclic) bond motifs is 1. The van der Waals surface area contributed by atoms with Gasteiger partial charge in [-0.25, -0.2) is 14.5 Å². The molecule has 0 aliphatic heterocycles. The first kappa shape index (κ1) is 19.9. The van der Waals surface area contributed by atoms with Crippen LogP contribution in [0.4, 0.5) is 5.69 Å². The molecular weight excluding hydrogens is 308 g/mol. The molecule has 7 heteroatoms. The van der Waals surface area contributed by atoms with E-state index in [9.17, 15) is 9.90 Å². The van der Waals surface area contributed by atoms with Crippen molar-refractivity contribution < 1.29 is 14.6 Å². The van der Waals surface area contributed by atoms with E-state index in [1.165, 1.54) is 6.20 Å². The lowest BCUT2D eigenvalue weighted by atomic mass is 10.1. The van der Waals surface area contributed by atoms with E-state index in [1.807, 2.05) is 20.8 Å². The Balaban J connectivity index is 0.000000505. The number of ether oxygens (including phenoxy) is 1. The van der Waals surface area contributed by atoms with Gasteiger partial charge in [-0.05, 0) is 27.2 Å². The van der Waals surface area contributed by atoms with Crippen molar-refractivity contribution in [3.8, 4) is 0 Å². The molecule has 0 amide bonds. The third kappa shape index (κ3) is 5.19. The quantitative estimate of drug-likeness (QED) is 0.718. The Morgan fingerprint density at radius 3 is 2.46 bits per heavy atom. The van der Waals surface area contributed by atoms with Crippen LogP contribution < -0.4 is 5.32 Å². The molecule has 0 fully saturated rings. The monoisotopic (exact) mass is 336 g/mol. The van der Waals surface area contributed by atoms with E-state index in [0.717, 1.165) is 38.0 Å². The highest BCUT2D eigenvalue weighted by atomic mass is 16.5. The predicted octanol–water partition coefficient (Wildman–Crippen LogP) is 3.40. The van der Waals surface area contributed by atoms with Crippen molar-refractivity contribution in [1.82, 2.24) is 14.8 Å². The number of aromatic nitrogens is 3. The number of hydrogen-bond donors (Lipinski definition) is 2. The number of nitrogens with one attached hydrogen (secondary N) is 1. The van der Waals surface area contributed by atoms with Gasteiger partial charge in [-0.2, -0.15) is 5.10 Å². The van der Waals surface area contributed by atoms with Gasteiger partial charge in [0.25, 0.3) is 0 Å². The van der Waals surface area contributed by atoms with Crippen LogP contribution in [-0.2, 0) is 11.3 Å². The number of rotatable bonds is 8. The third-order valence-electron chi connectivity index (χ3n) is 3.44. The molecule has 7 nitrogen and oxygen atoms in total. The molecule has 0 bridgehead atoms. The fourth-order valence-electron chi connectivity index (χ4n) is 2.21. The van der Waals surface area contributed by atoms with E-state index >= 15 is 0 Å². The molecule has 2 aromatic rings. The van der Waals surface area contributed by atoms with Gasteiger partial charge in [0.05, 0.1) is 17.3 Å². The summed E-state index contributed by atoms with van der Waals surface area (Å²) in [6.45, 7) is 11.2. The molecule has 0 aliphatic carbocycles. The molecule has 0 aliphatic rings. The zero-order valence-electron chi connectivity index (χ0n) is 15.0. The average molecular weight is 336 g/mol. The second-order valence-corrected chi connectivity index (χ2v) is 5.11. The summed E-state index contributed by atoms with van der Waals surface area (Å²) in [5, 5.41) is 17.4. The van der Waals surface area contributed by atoms with Gasteiger partial charge >= 0.3 is 5.97 Å². The Hall–Kier alpha value is -2.15. The van der Waals surface area contributed by atoms with Gasteiger partial charge in [0.15, 0.2) is 5.65 Å². The lowest BCUT2D eigenvalue weighted by molar-refractivity contribution is 0.0697. The summed E-state index contributed by atoms with van der Waals surface area (Å²) in [5.74, 6) is -0.974. The molecule has 0 unspecified atom stereocenters. The second-order valence-electron chi connectivity index (χ2n) is 5.11. The van der Waals surface area contributed by atoms with Gasteiger partial charge in [-0.3, -0.25) is 0 Å². The van der Waals surface area contributed by atoms with E-state index < -0.39 is 5.97 Å². The summed E-state index contributed by atoms with van der Waals surface area (Å²) in [6, 6.07) is 0. The minimum atomic E-state index is -0.974. The Bertz CT molecular complexity index is 638. The second kappa shape index (κ2) is 10.6. The van der Waals surface area contributed by atoms with Gasteiger partial charge < -0.3 is 15.2 Å². The highest BCUT2D eigenvalue weighted by molar-refractivity contribution is 6.03. The molecule has 0 radical (unpaired) electrons. The first-order valence-corrected chi connectivity index (χ1v) is 8.49. The minimum absolute atomic E-state index is 0.194. The smallest absolute Gasteiger partial charge is 0.339 e. The molecular formula is C17H28N4O3. The number of nitrogens with zero attached hydrogens (tertiary/aromatic N) is 3. The normalized spacial score (nSPS) is 10.3. The maximum Gasteiger partial charge on any atom is 0.339 e. The minimum Gasteiger partial charge on any atom is -0.478 e. The van der Waals surface area contributed by atoms with E-state index in [1.54, 1.807) is 10.9 Å². The number of hydrogen-bond acceptors (Lipinski definition) is 5. The molecule has 0 saturated heterocycles. The van der Waals surface area contributed by atoms with Gasteiger partial charge in [0, 0.05) is 32.5 Å². The lowest BCUT2D eigenvalue weighted by Gasteiger charge is -2.10. The zero-order chi connectivity index (χ0) is 17.9. The van der Waals surface area contributed by atoms with E-state index in [4.69, 9.17) is 4.74 Å². The first-order valence-electron chi connectivity index (χ1n) is 8.49. The molecule has 2 N–H and O–H groups in total. The van der Waals surface area contributed by atoms with Gasteiger partial charge in [0.1, 0.15) is 5.56 Å². The van der Waals surface area contributed by atoms with Crippen LogP contribution in [0.15, 0.2) is 12.4 Å². The Kier molecular flexibility index (Phi) is 8.78. The van der Waals surface area contributed by atoms with Crippen LogP contribution in [0.2, 0.25) is 0 Å². The van der Waals surface area contributed by atoms with Crippen molar-refractivity contribution in [2.45, 2.75) is 47.1 Å². The fourth-order valence-corrected chi connectivity index (χ4v) is 2.21. The number of unbranched alkanes of at least 4 members (excludes halogenated alkanes) is 1. The number of carboxylic acid groups (broad SMARTS) is 1. The zero-order valence-corrected chi connectivity index (χ0v) is 15.0. The maximum absolute atomic E-state index is 11.3. The third-order valence-corrected chi connectivity index (χ3v) is 3.44. The van der Waals surface area contributed by atoms with Crippen LogP contribution >= 0.6 is 0 Å². The number of aryl methyl sites for hydroxylation is 1. The SMILES string of the molecule is CCCCNc1c(C(=O)O)cnc2c1cnn2CC.CCOCC. The van der Waals surface area contributed by atoms with Crippen molar-refractivity contribution in [3.63, 3.8) is 0 Å². The van der Waals surface area contributed by atoms with Crippen LogP contribution in [0, 0.1) is 0 Å². The average Bonchev–Trinajstić information content (AvgIpc) is 2.99. The van der Waals surface area contributed by atoms with Crippen LogP contribution in [0.5, 0.6) is 0 Å². The summed E-state index contributed by atoms with van der Waals surface area (Å²) < 4.78 is 6.59. The molecule has 134 valence electrons. The summed E-state index contributed by atoms with van der Waals surface area (Å²) in [6.07, 6.45) is 5.11. The molecule has 2 rings (SSSR count). The van der Waals surface area contributed by atoms with Gasteiger partial charge in [-0.15, -0.1) is 0 Å². The Morgan fingerprint density at radius 1 is 1.25 bits per heavy atom. The lowest BCUT2D eigenvalue weighted by Crippen LogP contribution is -2.09. The molecule has 0 atom stereocenters. The largest absolute Gasteiger partial charge is 0.478 e. The molecule has 2 heterocycles. The highest BCUT2D eigenvalue weighted by Crippen LogP contribution is 2.26. The van der Waals surface area contributed by atoms with Gasteiger partial charge in [0.2, 0.25) is 0 Å². The molecule has 2 aromatic heterocycles. The van der Waals surface area contributed by atoms with Gasteiger partial charge in [-0.1, -0.05) is 13.3 Å². The Morgan fingerprint density at radius 2 is 1.96 bits per heavy atom. The van der Waals surface area contributed by atoms with Crippen LogP contribution in [0.3, 0.4) is 0 Å². The Labute approximate surface area is 143 Å². The number of pyridine rings is 1. The van der Waals surface area contributed by atoms with Crippen molar-refractivity contribution in [2.24, 2.45) is 0 Å². The number of carboxylic acids is 1. The maximum atomic E-state index is 11.3. The molecule has 0 saturated carbocycles. The fraction of sp³-hybridized carbons (Fsp3) is 0.588. The highest BCUT2D eigenvalue weighted by Gasteiger charge is 2.16. The first-order chi connectivity index (χ1) is 11.6. The van der Waals surface area contributed by atoms with E-state index in [2.05, 4.69) is 22.3 Å². The van der Waals surface area contributed by atoms with Crippen molar-refractivity contribution in [3.05, 3.63) is 18.0 Å². The van der Waals surface area contributed by atoms with E-state index in [0.29, 0.717) is 17.9 Å². The molecule has 24 heavy (non-hydrogen) atoms. The van der Waals surface area contributed by atoms with E-state index in [-0.39, 0.29) is 5.56 Å². The summed E-state index contributed by atoms with van der Waals surface area (Å²) in [4.78, 5) is 15.5. The van der Waals surface area contributed by atoms with Crippen molar-refractivity contribution in [1.29, 1.82) is 0 Å². The summed E-state index contributed by atoms with van der Waals surface area (Å²) >= 11 is 0. The van der Waals surface area contributed by atoms with Crippen molar-refractivity contribution >= 4 is 22.7 Å². The summed E-state index contributed by atoms with van der Waals surface area (Å²) in [5.41, 5.74) is 1.52. The predicted molar refractivity (Wildman–Crippen MR) is 95.7 cm³/mol. The standard InChI is InChI=1S/C13H18N4O2.C4H10O/c1-3-5-6-14-11-9-8-16-17(4-2)12(9)15-7-10(11)13(18)19;1-3-5-4-2/h7-8H,3-6H2,1-2H3,(H,14,15)(H,18,19);3-4H2,1-2H3. The van der Waals surface area contributed by atoms with Crippen LogP contribution in [0.25, 0.3) is 11.0 Å².